The van der Waals surface area contributed by atoms with Gasteiger partial charge in [-0.05, 0) is 35.9 Å². The minimum absolute atomic E-state index is 0.518. The number of benzene rings is 2. The first-order valence-electron chi connectivity index (χ1n) is 9.30. The third kappa shape index (κ3) is 3.59. The average molecular weight is 406 g/mol. The summed E-state index contributed by atoms with van der Waals surface area (Å²) in [7, 11) is 6.40. The predicted octanol–water partition coefficient (Wildman–Crippen LogP) is 3.42. The van der Waals surface area contributed by atoms with Gasteiger partial charge < -0.3 is 18.9 Å². The molecule has 0 aliphatic carbocycles. The molecule has 4 rings (SSSR count). The van der Waals surface area contributed by atoms with Crippen LogP contribution < -0.4 is 18.9 Å². The number of aromatic nitrogens is 4. The summed E-state index contributed by atoms with van der Waals surface area (Å²) in [5.74, 6) is 3.67. The highest BCUT2D eigenvalue weighted by atomic mass is 16.5. The molecule has 4 aromatic rings. The van der Waals surface area contributed by atoms with Gasteiger partial charge in [0.1, 0.15) is 5.75 Å². The van der Waals surface area contributed by atoms with Crippen LogP contribution in [0.25, 0.3) is 17.0 Å². The molecule has 2 heterocycles. The summed E-state index contributed by atoms with van der Waals surface area (Å²) in [4.78, 5) is 8.94. The Morgan fingerprint density at radius 3 is 2.13 bits per heavy atom. The number of ether oxygens (including phenoxy) is 4. The Bertz CT molecular complexity index is 1150. The van der Waals surface area contributed by atoms with Crippen LogP contribution in [-0.4, -0.2) is 48.0 Å². The topological polar surface area (TPSA) is 80.0 Å². The number of hydrogen-bond donors (Lipinski definition) is 0. The Balaban J connectivity index is 1.75. The Labute approximate surface area is 174 Å². The average Bonchev–Trinajstić information content (AvgIpc) is 3.20. The molecule has 0 saturated heterocycles. The van der Waals surface area contributed by atoms with Crippen LogP contribution in [0, 0.1) is 0 Å². The maximum absolute atomic E-state index is 5.48. The van der Waals surface area contributed by atoms with Crippen LogP contribution in [0.5, 0.6) is 23.0 Å². The van der Waals surface area contributed by atoms with E-state index in [0.717, 1.165) is 22.6 Å². The van der Waals surface area contributed by atoms with Crippen LogP contribution in [0.1, 0.15) is 11.4 Å². The molecule has 0 amide bonds. The monoisotopic (exact) mass is 406 g/mol. The second-order valence-corrected chi connectivity index (χ2v) is 6.51. The summed E-state index contributed by atoms with van der Waals surface area (Å²) in [6.07, 6.45) is 2.29. The number of hydrogen-bond acceptors (Lipinski definition) is 7. The van der Waals surface area contributed by atoms with E-state index in [4.69, 9.17) is 18.9 Å². The second-order valence-electron chi connectivity index (χ2n) is 6.51. The molecular formula is C22H22N4O4. The number of nitrogens with zero attached hydrogens (tertiary/aromatic N) is 4. The van der Waals surface area contributed by atoms with E-state index in [9.17, 15) is 0 Å². The van der Waals surface area contributed by atoms with E-state index in [1.807, 2.05) is 42.5 Å². The lowest BCUT2D eigenvalue weighted by Gasteiger charge is -2.14. The lowest BCUT2D eigenvalue weighted by atomic mass is 10.1. The molecule has 0 spiro atoms. The smallest absolute Gasteiger partial charge is 0.252 e. The predicted molar refractivity (Wildman–Crippen MR) is 112 cm³/mol. The normalized spacial score (nSPS) is 10.8. The summed E-state index contributed by atoms with van der Waals surface area (Å²) >= 11 is 0. The standard InChI is InChI=1S/C22H22N4O4/c1-27-16-7-5-14(6-8-16)11-20-24-22-23-10-9-17(26(22)25-20)15-12-18(28-2)21(30-4)19(13-15)29-3/h5-10,12-13H,11H2,1-4H3. The summed E-state index contributed by atoms with van der Waals surface area (Å²) < 4.78 is 23.3. The van der Waals surface area contributed by atoms with E-state index in [-0.39, 0.29) is 0 Å². The summed E-state index contributed by atoms with van der Waals surface area (Å²) in [5.41, 5.74) is 2.74. The van der Waals surface area contributed by atoms with Crippen LogP contribution in [0.4, 0.5) is 0 Å². The zero-order valence-electron chi connectivity index (χ0n) is 17.2. The van der Waals surface area contributed by atoms with Crippen molar-refractivity contribution in [1.82, 2.24) is 19.6 Å². The molecule has 0 fully saturated rings. The molecule has 30 heavy (non-hydrogen) atoms. The van der Waals surface area contributed by atoms with Gasteiger partial charge in [0.2, 0.25) is 5.75 Å². The Kier molecular flexibility index (Phi) is 5.38. The number of methoxy groups -OCH3 is 4. The molecule has 0 radical (unpaired) electrons. The number of fused-ring (bicyclic) bond motifs is 1. The van der Waals surface area contributed by atoms with Gasteiger partial charge in [-0.3, -0.25) is 0 Å². The van der Waals surface area contributed by atoms with Gasteiger partial charge in [0.05, 0.1) is 34.1 Å². The van der Waals surface area contributed by atoms with E-state index < -0.39 is 0 Å². The number of rotatable bonds is 7. The SMILES string of the molecule is COc1ccc(Cc2nc3nccc(-c4cc(OC)c(OC)c(OC)c4)n3n2)cc1. The zero-order chi connectivity index (χ0) is 21.1. The minimum atomic E-state index is 0.518. The fourth-order valence-corrected chi connectivity index (χ4v) is 3.28. The van der Waals surface area contributed by atoms with E-state index in [1.54, 1.807) is 39.2 Å². The summed E-state index contributed by atoms with van der Waals surface area (Å²) in [6, 6.07) is 13.5. The fraction of sp³-hybridized carbons (Fsp3) is 0.227. The first-order valence-corrected chi connectivity index (χ1v) is 9.30. The van der Waals surface area contributed by atoms with Crippen molar-refractivity contribution in [1.29, 1.82) is 0 Å². The molecule has 8 nitrogen and oxygen atoms in total. The molecule has 8 heteroatoms. The van der Waals surface area contributed by atoms with Gasteiger partial charge in [-0.1, -0.05) is 12.1 Å². The van der Waals surface area contributed by atoms with Crippen molar-refractivity contribution in [2.45, 2.75) is 6.42 Å². The van der Waals surface area contributed by atoms with E-state index >= 15 is 0 Å². The lowest BCUT2D eigenvalue weighted by molar-refractivity contribution is 0.324. The first kappa shape index (κ1) is 19.5. The first-order chi connectivity index (χ1) is 14.7. The molecule has 154 valence electrons. The maximum atomic E-state index is 5.48. The third-order valence-corrected chi connectivity index (χ3v) is 4.77. The van der Waals surface area contributed by atoms with Crippen LogP contribution in [0.3, 0.4) is 0 Å². The molecule has 0 aliphatic rings. The molecule has 0 saturated carbocycles. The summed E-state index contributed by atoms with van der Waals surface area (Å²) in [5, 5.41) is 4.68. The molecular weight excluding hydrogens is 384 g/mol. The molecule has 0 aliphatic heterocycles. The van der Waals surface area contributed by atoms with Gasteiger partial charge in [-0.15, -0.1) is 5.10 Å². The van der Waals surface area contributed by atoms with Gasteiger partial charge in [-0.2, -0.15) is 9.50 Å². The van der Waals surface area contributed by atoms with Crippen molar-refractivity contribution < 1.29 is 18.9 Å². The van der Waals surface area contributed by atoms with Crippen molar-refractivity contribution in [3.05, 3.63) is 60.0 Å². The van der Waals surface area contributed by atoms with Crippen molar-refractivity contribution >= 4 is 5.78 Å². The van der Waals surface area contributed by atoms with Crippen LogP contribution in [0.2, 0.25) is 0 Å². The minimum Gasteiger partial charge on any atom is -0.497 e. The highest BCUT2D eigenvalue weighted by Crippen LogP contribution is 2.41. The summed E-state index contributed by atoms with van der Waals surface area (Å²) in [6.45, 7) is 0. The molecule has 0 unspecified atom stereocenters. The molecule has 2 aromatic carbocycles. The van der Waals surface area contributed by atoms with Crippen LogP contribution >= 0.6 is 0 Å². The van der Waals surface area contributed by atoms with Gasteiger partial charge in [0.25, 0.3) is 5.78 Å². The highest BCUT2D eigenvalue weighted by Gasteiger charge is 2.17. The van der Waals surface area contributed by atoms with E-state index in [0.29, 0.717) is 35.3 Å². The zero-order valence-corrected chi connectivity index (χ0v) is 17.2. The van der Waals surface area contributed by atoms with Crippen LogP contribution in [0.15, 0.2) is 48.7 Å². The molecule has 0 bridgehead atoms. The third-order valence-electron chi connectivity index (χ3n) is 4.77. The fourth-order valence-electron chi connectivity index (χ4n) is 3.28. The van der Waals surface area contributed by atoms with Crippen molar-refractivity contribution in [2.24, 2.45) is 0 Å². The van der Waals surface area contributed by atoms with Crippen molar-refractivity contribution in [3.8, 4) is 34.3 Å². The second kappa shape index (κ2) is 8.28. The Hall–Kier alpha value is -3.81. The van der Waals surface area contributed by atoms with Crippen molar-refractivity contribution in [2.75, 3.05) is 28.4 Å². The van der Waals surface area contributed by atoms with Gasteiger partial charge >= 0.3 is 0 Å². The molecule has 0 N–H and O–H groups in total. The Morgan fingerprint density at radius 2 is 1.53 bits per heavy atom. The van der Waals surface area contributed by atoms with Crippen LogP contribution in [-0.2, 0) is 6.42 Å². The highest BCUT2D eigenvalue weighted by molar-refractivity contribution is 5.69. The van der Waals surface area contributed by atoms with Gasteiger partial charge in [0, 0.05) is 18.2 Å². The maximum Gasteiger partial charge on any atom is 0.252 e. The molecule has 0 atom stereocenters. The quantitative estimate of drug-likeness (QED) is 0.465. The van der Waals surface area contributed by atoms with Gasteiger partial charge in [-0.25, -0.2) is 4.98 Å². The lowest BCUT2D eigenvalue weighted by Crippen LogP contribution is -1.99. The van der Waals surface area contributed by atoms with Crippen molar-refractivity contribution in [3.63, 3.8) is 0 Å². The van der Waals surface area contributed by atoms with Gasteiger partial charge in [0.15, 0.2) is 17.3 Å². The van der Waals surface area contributed by atoms with E-state index in [2.05, 4.69) is 15.1 Å². The largest absolute Gasteiger partial charge is 0.497 e. The van der Waals surface area contributed by atoms with E-state index in [1.165, 1.54) is 0 Å². The Morgan fingerprint density at radius 1 is 0.833 bits per heavy atom. The molecule has 2 aromatic heterocycles.